The molecule has 0 aliphatic heterocycles. The van der Waals surface area contributed by atoms with E-state index in [2.05, 4.69) is 30.2 Å². The molecule has 3 aliphatic carbocycles. The lowest BCUT2D eigenvalue weighted by atomic mass is 10.0. The number of fused-ring (bicyclic) bond motifs is 5. The molecule has 2 N–H and O–H groups in total. The van der Waals surface area contributed by atoms with Gasteiger partial charge in [-0.05, 0) is 73.2 Å². The Bertz CT molecular complexity index is 3420. The van der Waals surface area contributed by atoms with Gasteiger partial charge in [0.25, 0.3) is 30.8 Å². The summed E-state index contributed by atoms with van der Waals surface area (Å²) in [6.45, 7) is -2.33. The van der Waals surface area contributed by atoms with E-state index in [1.807, 2.05) is 0 Å². The first kappa shape index (κ1) is 46.1. The highest BCUT2D eigenvalue weighted by Crippen LogP contribution is 2.68. The van der Waals surface area contributed by atoms with Gasteiger partial charge in [0.1, 0.15) is 47.6 Å². The Morgan fingerprint density at radius 3 is 2.33 bits per heavy atom. The molecule has 0 spiro atoms. The Balaban J connectivity index is 1.20. The first-order valence-electron chi connectivity index (χ1n) is 20.9. The molecule has 26 heteroatoms. The Hall–Kier alpha value is -6.63. The molecule has 0 bridgehead atoms. The van der Waals surface area contributed by atoms with Crippen molar-refractivity contribution in [2.45, 2.75) is 81.2 Å². The Kier molecular flexibility index (Phi) is 11.2. The Labute approximate surface area is 386 Å². The van der Waals surface area contributed by atoms with Crippen molar-refractivity contribution in [1.29, 1.82) is 0 Å². The zero-order chi connectivity index (χ0) is 49.0. The number of hydrogen-bond acceptors (Lipinski definition) is 9. The van der Waals surface area contributed by atoms with E-state index >= 15 is 13.6 Å². The molecule has 4 heterocycles. The lowest BCUT2D eigenvalue weighted by molar-refractivity contribution is -0.123. The molecule has 4 aromatic heterocycles. The molecule has 3 aromatic carbocycles. The highest BCUT2D eigenvalue weighted by atomic mass is 35.5. The molecular formula is C43H31ClF10N10O4S. The quantitative estimate of drug-likeness (QED) is 0.0954. The van der Waals surface area contributed by atoms with Crippen LogP contribution in [-0.4, -0.2) is 65.1 Å². The van der Waals surface area contributed by atoms with E-state index in [1.54, 1.807) is 0 Å². The highest BCUT2D eigenvalue weighted by molar-refractivity contribution is 7.93. The van der Waals surface area contributed by atoms with Crippen LogP contribution in [0.5, 0.6) is 0 Å². The Morgan fingerprint density at radius 2 is 1.65 bits per heavy atom. The molecule has 3 aliphatic rings. The molecule has 0 saturated heterocycles. The van der Waals surface area contributed by atoms with Gasteiger partial charge in [0, 0.05) is 35.7 Å². The largest absolute Gasteiger partial charge is 0.344 e. The third kappa shape index (κ3) is 8.31. The van der Waals surface area contributed by atoms with Crippen LogP contribution in [0.2, 0.25) is 5.02 Å². The number of hydrogen-bond donors (Lipinski definition) is 2. The van der Waals surface area contributed by atoms with Crippen LogP contribution in [0.15, 0.2) is 65.6 Å². The number of sulfonamides is 1. The van der Waals surface area contributed by atoms with Crippen LogP contribution < -0.4 is 15.6 Å². The minimum absolute atomic E-state index is 0.0335. The van der Waals surface area contributed by atoms with Crippen LogP contribution in [0.25, 0.3) is 38.9 Å². The van der Waals surface area contributed by atoms with Gasteiger partial charge in [0.15, 0.2) is 11.6 Å². The molecule has 7 aromatic rings. The molecule has 10 rings (SSSR count). The molecule has 14 nitrogen and oxygen atoms in total. The summed E-state index contributed by atoms with van der Waals surface area (Å²) >= 11 is 6.64. The monoisotopic (exact) mass is 1010 g/mol. The number of rotatable bonds is 15. The fourth-order valence-electron chi connectivity index (χ4n) is 8.94. The summed E-state index contributed by atoms with van der Waals surface area (Å²) in [5.74, 6) is -10.6. The predicted molar refractivity (Wildman–Crippen MR) is 226 cm³/mol. The van der Waals surface area contributed by atoms with Crippen molar-refractivity contribution in [2.75, 3.05) is 4.72 Å². The van der Waals surface area contributed by atoms with E-state index in [1.165, 1.54) is 24.3 Å². The molecule has 1 amide bonds. The number of alkyl halides is 8. The molecule has 0 unspecified atom stereocenters. The summed E-state index contributed by atoms with van der Waals surface area (Å²) in [6.07, 6.45) is -8.57. The summed E-state index contributed by atoms with van der Waals surface area (Å²) in [4.78, 5) is 42.0. The van der Waals surface area contributed by atoms with E-state index < -0.39 is 130 Å². The SMILES string of the molecule is O=C(Cn1nc(C(F)F)c2c1C(F)(F)[C@@H]1C[C@H]21)N[C@@H](Cc1cc(F)cc(F)c1)c1nc2cc(-c3nccc(C(F)F)n3)ccc2c(=O)n1-c1ccc(Cl)c2c(NS(=O)(=O)C3CC3)nn(CC(F)F)c12. The van der Waals surface area contributed by atoms with E-state index in [0.29, 0.717) is 28.3 Å². The van der Waals surface area contributed by atoms with Gasteiger partial charge in [-0.1, -0.05) is 17.7 Å². The standard InChI is InChI=1S/C43H31ClF10N10O4S/c44-25-5-6-29(35-33(25)40(60-62(35)15-30(47)48)61-69(67,68)21-2-3-21)64-41(58-27-12-18(1-4-22(27)42(64)66)39-55-8-7-26(57-39)37(49)50)28(11-17-9-19(45)13-20(46)10-17)56-31(65)16-63-36-32(34(59-63)38(51)52)23-14-24(23)43(36,53)54/h1,4-10,12-13,21,23-24,28,30,37-38H,2-3,11,14-16H2,(H,56,65)(H,60,61)/t23-,24+,28-/m0/s1. The summed E-state index contributed by atoms with van der Waals surface area (Å²) in [5.41, 5.74) is -5.04. The fourth-order valence-corrected chi connectivity index (χ4v) is 10.5. The Morgan fingerprint density at radius 1 is 0.913 bits per heavy atom. The summed E-state index contributed by atoms with van der Waals surface area (Å²) in [7, 11) is -4.14. The maximum absolute atomic E-state index is 15.6. The summed E-state index contributed by atoms with van der Waals surface area (Å²) < 4.78 is 176. The van der Waals surface area contributed by atoms with Crippen LogP contribution in [-0.2, 0) is 40.3 Å². The number of benzene rings is 3. The summed E-state index contributed by atoms with van der Waals surface area (Å²) in [6, 6.07) is 7.48. The predicted octanol–water partition coefficient (Wildman–Crippen LogP) is 8.67. The number of nitrogens with one attached hydrogen (secondary N) is 2. The average molecular weight is 1010 g/mol. The summed E-state index contributed by atoms with van der Waals surface area (Å²) in [5, 5.41) is 8.75. The number of halogens is 11. The molecule has 69 heavy (non-hydrogen) atoms. The lowest BCUT2D eigenvalue weighted by Crippen LogP contribution is -2.38. The third-order valence-electron chi connectivity index (χ3n) is 12.1. The van der Waals surface area contributed by atoms with Crippen LogP contribution >= 0.6 is 11.6 Å². The van der Waals surface area contributed by atoms with Crippen LogP contribution in [0, 0.1) is 17.6 Å². The highest BCUT2D eigenvalue weighted by Gasteiger charge is 2.67. The normalized spacial score (nSPS) is 17.8. The van der Waals surface area contributed by atoms with Gasteiger partial charge in [-0.15, -0.1) is 0 Å². The zero-order valence-electron chi connectivity index (χ0n) is 34.8. The van der Waals surface area contributed by atoms with Crippen LogP contribution in [0.4, 0.5) is 49.7 Å². The van der Waals surface area contributed by atoms with Gasteiger partial charge in [0.05, 0.1) is 43.8 Å². The van der Waals surface area contributed by atoms with Gasteiger partial charge < -0.3 is 5.32 Å². The molecule has 0 radical (unpaired) electrons. The van der Waals surface area contributed by atoms with Crippen molar-refractivity contribution in [2.24, 2.45) is 5.92 Å². The second kappa shape index (κ2) is 16.8. The molecule has 360 valence electrons. The van der Waals surface area contributed by atoms with E-state index in [4.69, 9.17) is 16.6 Å². The van der Waals surface area contributed by atoms with Gasteiger partial charge in [-0.3, -0.25) is 28.2 Å². The van der Waals surface area contributed by atoms with Crippen molar-refractivity contribution in [3.63, 3.8) is 0 Å². The minimum atomic E-state index is -4.14. The van der Waals surface area contributed by atoms with Crippen LogP contribution in [0.3, 0.4) is 0 Å². The number of amides is 1. The lowest BCUT2D eigenvalue weighted by Gasteiger charge is -2.24. The van der Waals surface area contributed by atoms with Crippen LogP contribution in [0.1, 0.15) is 78.1 Å². The van der Waals surface area contributed by atoms with Crippen molar-refractivity contribution in [1.82, 2.24) is 44.4 Å². The van der Waals surface area contributed by atoms with Crippen molar-refractivity contribution in [3.8, 4) is 17.1 Å². The average Bonchev–Trinajstić information content (AvgIpc) is 4.20. The van der Waals surface area contributed by atoms with E-state index in [9.17, 15) is 48.3 Å². The molecular weight excluding hydrogens is 978 g/mol. The minimum Gasteiger partial charge on any atom is -0.344 e. The van der Waals surface area contributed by atoms with E-state index in [-0.39, 0.29) is 61.5 Å². The molecule has 3 atom stereocenters. The topological polar surface area (TPSA) is 172 Å². The molecule has 2 saturated carbocycles. The number of aromatic nitrogens is 8. The van der Waals surface area contributed by atoms with Gasteiger partial charge in [-0.2, -0.15) is 19.0 Å². The second-order valence-electron chi connectivity index (χ2n) is 16.8. The first-order valence-corrected chi connectivity index (χ1v) is 22.8. The number of anilines is 1. The second-order valence-corrected chi connectivity index (χ2v) is 19.2. The third-order valence-corrected chi connectivity index (χ3v) is 14.2. The van der Waals surface area contributed by atoms with Crippen molar-refractivity contribution < 1.29 is 57.1 Å². The first-order chi connectivity index (χ1) is 32.7. The van der Waals surface area contributed by atoms with Gasteiger partial charge >= 0.3 is 0 Å². The number of carbonyl (C=O) groups is 1. The van der Waals surface area contributed by atoms with E-state index in [0.717, 1.165) is 35.0 Å². The van der Waals surface area contributed by atoms with Crippen molar-refractivity contribution >= 4 is 55.2 Å². The zero-order valence-corrected chi connectivity index (χ0v) is 36.4. The van der Waals surface area contributed by atoms with Gasteiger partial charge in [-0.25, -0.2) is 58.5 Å². The number of nitrogens with zero attached hydrogens (tertiary/aromatic N) is 8. The van der Waals surface area contributed by atoms with Crippen molar-refractivity contribution in [3.05, 3.63) is 122 Å². The van der Waals surface area contributed by atoms with Gasteiger partial charge in [0.2, 0.25) is 15.9 Å². The smallest absolute Gasteiger partial charge is 0.293 e. The number of carbonyl (C=O) groups excluding carboxylic acids is 1. The maximum atomic E-state index is 15.6. The maximum Gasteiger partial charge on any atom is 0.293 e. The fraction of sp³-hybridized carbons (Fsp3) is 0.326. The molecule has 2 fully saturated rings.